The zero-order valence-corrected chi connectivity index (χ0v) is 9.28. The molecule has 2 heterocycles. The van der Waals surface area contributed by atoms with Crippen molar-refractivity contribution in [1.82, 2.24) is 4.98 Å². The van der Waals surface area contributed by atoms with Gasteiger partial charge in [-0.25, -0.2) is 4.98 Å². The van der Waals surface area contributed by atoms with Crippen molar-refractivity contribution in [2.45, 2.75) is 0 Å². The Kier molecular flexibility index (Phi) is 2.87. The molecule has 0 fully saturated rings. The van der Waals surface area contributed by atoms with Gasteiger partial charge in [0.15, 0.2) is 0 Å². The molecule has 0 atom stereocenters. The van der Waals surface area contributed by atoms with E-state index in [0.717, 1.165) is 21.8 Å². The molecule has 0 saturated carbocycles. The molecule has 16 heavy (non-hydrogen) atoms. The van der Waals surface area contributed by atoms with Crippen molar-refractivity contribution in [2.75, 3.05) is 7.11 Å². The number of carboxylic acids is 1. The first-order chi connectivity index (χ1) is 7.70. The Morgan fingerprint density at radius 3 is 2.69 bits per heavy atom. The molecule has 0 aliphatic heterocycles. The first-order valence-corrected chi connectivity index (χ1v) is 5.34. The van der Waals surface area contributed by atoms with Crippen LogP contribution in [0.3, 0.4) is 0 Å². The van der Waals surface area contributed by atoms with Crippen molar-refractivity contribution in [1.29, 1.82) is 0 Å². The van der Waals surface area contributed by atoms with E-state index < -0.39 is 5.97 Å². The van der Waals surface area contributed by atoms with E-state index in [0.29, 0.717) is 5.88 Å². The first-order valence-electron chi connectivity index (χ1n) is 4.52. The molecule has 2 aromatic heterocycles. The van der Waals surface area contributed by atoms with Crippen LogP contribution in [0.25, 0.3) is 10.4 Å². The van der Waals surface area contributed by atoms with Crippen LogP contribution in [-0.4, -0.2) is 18.1 Å². The molecule has 5 heteroatoms. The summed E-state index contributed by atoms with van der Waals surface area (Å²) in [4.78, 5) is 15.7. The van der Waals surface area contributed by atoms with Crippen LogP contribution >= 0.6 is 11.3 Å². The number of methoxy groups -OCH3 is 1. The summed E-state index contributed by atoms with van der Waals surface area (Å²) in [5.41, 5.74) is 0.860. The number of hydrogen-bond acceptors (Lipinski definition) is 5. The molecule has 0 aliphatic rings. The number of nitrogens with zero attached hydrogens (tertiary/aromatic N) is 1. The summed E-state index contributed by atoms with van der Waals surface area (Å²) in [5.74, 6) is -0.627. The second-order valence-electron chi connectivity index (χ2n) is 3.04. The first kappa shape index (κ1) is 10.6. The molecule has 82 valence electrons. The minimum absolute atomic E-state index is 0.214. The summed E-state index contributed by atoms with van der Waals surface area (Å²) >= 11 is 1.16. The van der Waals surface area contributed by atoms with Crippen molar-refractivity contribution < 1.29 is 14.6 Å². The van der Waals surface area contributed by atoms with Gasteiger partial charge in [0.2, 0.25) is 5.88 Å². The van der Waals surface area contributed by atoms with Crippen LogP contribution in [0.15, 0.2) is 30.5 Å². The van der Waals surface area contributed by atoms with Gasteiger partial charge in [-0.3, -0.25) is 0 Å². The van der Waals surface area contributed by atoms with E-state index in [-0.39, 0.29) is 4.88 Å². The monoisotopic (exact) mass is 234 g/mol. The van der Waals surface area contributed by atoms with Gasteiger partial charge in [-0.1, -0.05) is 0 Å². The number of thiophene rings is 1. The van der Waals surface area contributed by atoms with Crippen LogP contribution in [0, 0.1) is 0 Å². The zero-order chi connectivity index (χ0) is 11.5. The number of carbonyl (C=O) groups excluding carboxylic acids is 1. The Labute approximate surface area is 96.1 Å². The van der Waals surface area contributed by atoms with Gasteiger partial charge in [0.25, 0.3) is 0 Å². The average Bonchev–Trinajstić information content (AvgIpc) is 2.78. The number of hydrogen-bond donors (Lipinski definition) is 0. The van der Waals surface area contributed by atoms with Crippen LogP contribution in [-0.2, 0) is 0 Å². The standard InChI is InChI=1S/C11H9NO3S/c1-15-10-5-2-7(6-12-10)8-3-4-9(16-8)11(13)14/h2-6H,1H3,(H,13,14)/p-1. The van der Waals surface area contributed by atoms with Gasteiger partial charge in [-0.15, -0.1) is 11.3 Å². The van der Waals surface area contributed by atoms with Gasteiger partial charge < -0.3 is 14.6 Å². The Hall–Kier alpha value is -1.88. The van der Waals surface area contributed by atoms with Crippen molar-refractivity contribution in [3.8, 4) is 16.3 Å². The van der Waals surface area contributed by atoms with E-state index in [1.165, 1.54) is 6.07 Å². The third kappa shape index (κ3) is 2.04. The smallest absolute Gasteiger partial charge is 0.212 e. The molecule has 2 aromatic rings. The van der Waals surface area contributed by atoms with E-state index in [4.69, 9.17) is 4.74 Å². The largest absolute Gasteiger partial charge is 0.544 e. The molecular weight excluding hydrogens is 226 g/mol. The second kappa shape index (κ2) is 4.32. The Bertz CT molecular complexity index is 504. The molecule has 0 aromatic carbocycles. The lowest BCUT2D eigenvalue weighted by Gasteiger charge is -2.00. The van der Waals surface area contributed by atoms with Gasteiger partial charge in [0, 0.05) is 22.7 Å². The van der Waals surface area contributed by atoms with Crippen LogP contribution in [0.5, 0.6) is 5.88 Å². The molecule has 0 bridgehead atoms. The number of carbonyl (C=O) groups is 1. The van der Waals surface area contributed by atoms with Crippen LogP contribution in [0.2, 0.25) is 0 Å². The molecular formula is C11H8NO3S-. The molecule has 0 saturated heterocycles. The number of aromatic nitrogens is 1. The molecule has 0 amide bonds. The normalized spacial score (nSPS) is 10.1. The Balaban J connectivity index is 2.31. The second-order valence-corrected chi connectivity index (χ2v) is 4.12. The van der Waals surface area contributed by atoms with Gasteiger partial charge in [-0.2, -0.15) is 0 Å². The predicted molar refractivity (Wildman–Crippen MR) is 58.4 cm³/mol. The number of pyridine rings is 1. The lowest BCUT2D eigenvalue weighted by molar-refractivity contribution is -0.254. The third-order valence-electron chi connectivity index (χ3n) is 2.04. The van der Waals surface area contributed by atoms with Crippen molar-refractivity contribution in [3.63, 3.8) is 0 Å². The summed E-state index contributed by atoms with van der Waals surface area (Å²) in [6, 6.07) is 6.82. The average molecular weight is 234 g/mol. The van der Waals surface area contributed by atoms with E-state index in [1.807, 2.05) is 6.07 Å². The highest BCUT2D eigenvalue weighted by atomic mass is 32.1. The number of aromatic carboxylic acids is 1. The molecule has 0 unspecified atom stereocenters. The minimum Gasteiger partial charge on any atom is -0.544 e. The Morgan fingerprint density at radius 2 is 2.19 bits per heavy atom. The van der Waals surface area contributed by atoms with Crippen LogP contribution in [0.1, 0.15) is 9.67 Å². The quantitative estimate of drug-likeness (QED) is 0.800. The van der Waals surface area contributed by atoms with E-state index in [9.17, 15) is 9.90 Å². The Morgan fingerprint density at radius 1 is 1.38 bits per heavy atom. The fraction of sp³-hybridized carbons (Fsp3) is 0.0909. The maximum absolute atomic E-state index is 10.6. The van der Waals surface area contributed by atoms with E-state index in [2.05, 4.69) is 4.98 Å². The van der Waals surface area contributed by atoms with Gasteiger partial charge in [-0.05, 0) is 18.2 Å². The highest BCUT2D eigenvalue weighted by molar-refractivity contribution is 7.17. The summed E-state index contributed by atoms with van der Waals surface area (Å²) < 4.78 is 4.94. The predicted octanol–water partition coefficient (Wildman–Crippen LogP) is 1.18. The van der Waals surface area contributed by atoms with Gasteiger partial charge in [0.05, 0.1) is 18.0 Å². The van der Waals surface area contributed by atoms with E-state index >= 15 is 0 Å². The number of ether oxygens (including phenoxy) is 1. The molecule has 4 nitrogen and oxygen atoms in total. The topological polar surface area (TPSA) is 62.2 Å². The SMILES string of the molecule is COc1ccc(-c2ccc(C(=O)[O-])s2)cn1. The van der Waals surface area contributed by atoms with Crippen LogP contribution in [0.4, 0.5) is 0 Å². The molecule has 0 radical (unpaired) electrons. The van der Waals surface area contributed by atoms with Gasteiger partial charge >= 0.3 is 0 Å². The van der Waals surface area contributed by atoms with Crippen molar-refractivity contribution in [2.24, 2.45) is 0 Å². The fourth-order valence-corrected chi connectivity index (χ4v) is 2.08. The summed E-state index contributed by atoms with van der Waals surface area (Å²) in [6.07, 6.45) is 1.64. The van der Waals surface area contributed by atoms with Gasteiger partial charge in [0.1, 0.15) is 0 Å². The van der Waals surface area contributed by atoms with Crippen LogP contribution < -0.4 is 9.84 Å². The fourth-order valence-electron chi connectivity index (χ4n) is 1.25. The summed E-state index contributed by atoms with van der Waals surface area (Å²) in [5, 5.41) is 10.6. The highest BCUT2D eigenvalue weighted by Crippen LogP contribution is 2.27. The third-order valence-corrected chi connectivity index (χ3v) is 3.15. The maximum atomic E-state index is 10.6. The lowest BCUT2D eigenvalue weighted by atomic mass is 10.2. The maximum Gasteiger partial charge on any atom is 0.212 e. The summed E-state index contributed by atoms with van der Waals surface area (Å²) in [6.45, 7) is 0. The van der Waals surface area contributed by atoms with Crippen molar-refractivity contribution >= 4 is 17.3 Å². The minimum atomic E-state index is -1.15. The molecule has 0 spiro atoms. The lowest BCUT2D eigenvalue weighted by Crippen LogP contribution is -2.20. The molecule has 0 aliphatic carbocycles. The van der Waals surface area contributed by atoms with E-state index in [1.54, 1.807) is 25.4 Å². The molecule has 2 rings (SSSR count). The number of carboxylic acid groups (broad SMARTS) is 1. The molecule has 0 N–H and O–H groups in total. The van der Waals surface area contributed by atoms with Crippen molar-refractivity contribution in [3.05, 3.63) is 35.3 Å². The zero-order valence-electron chi connectivity index (χ0n) is 8.47. The number of rotatable bonds is 3. The summed E-state index contributed by atoms with van der Waals surface area (Å²) in [7, 11) is 1.54. The highest BCUT2D eigenvalue weighted by Gasteiger charge is 2.04.